The summed E-state index contributed by atoms with van der Waals surface area (Å²) in [5.41, 5.74) is 5.15. The monoisotopic (exact) mass is 405 g/mol. The Hall–Kier alpha value is -2.93. The van der Waals surface area contributed by atoms with Crippen molar-refractivity contribution in [3.8, 4) is 5.69 Å². The zero-order valence-corrected chi connectivity index (χ0v) is 17.8. The largest absolute Gasteiger partial charge is 0.347 e. The normalized spacial score (nSPS) is 16.3. The van der Waals surface area contributed by atoms with E-state index < -0.39 is 0 Å². The van der Waals surface area contributed by atoms with Gasteiger partial charge in [0.1, 0.15) is 0 Å². The van der Waals surface area contributed by atoms with Crippen molar-refractivity contribution in [3.63, 3.8) is 0 Å². The summed E-state index contributed by atoms with van der Waals surface area (Å²) in [4.78, 5) is 14.9. The van der Waals surface area contributed by atoms with Crippen LogP contribution < -0.4 is 4.90 Å². The van der Waals surface area contributed by atoms with Crippen LogP contribution in [0.2, 0.25) is 0 Å². The lowest BCUT2D eigenvalue weighted by Crippen LogP contribution is -2.24. The third kappa shape index (κ3) is 3.46. The number of aryl methyl sites for hydroxylation is 1. The highest BCUT2D eigenvalue weighted by atomic mass is 32.2. The molecule has 0 spiro atoms. The molecule has 0 saturated heterocycles. The van der Waals surface area contributed by atoms with E-state index in [9.17, 15) is 4.79 Å². The Labute approximate surface area is 174 Å². The Morgan fingerprint density at radius 3 is 2.52 bits per heavy atom. The Morgan fingerprint density at radius 1 is 1.10 bits per heavy atom. The van der Waals surface area contributed by atoms with E-state index in [1.807, 2.05) is 50.4 Å². The van der Waals surface area contributed by atoms with Gasteiger partial charge in [0.05, 0.1) is 11.4 Å². The van der Waals surface area contributed by atoms with Gasteiger partial charge in [0, 0.05) is 29.9 Å². The van der Waals surface area contributed by atoms with Gasteiger partial charge in [0.25, 0.3) is 0 Å². The van der Waals surface area contributed by atoms with Crippen LogP contribution in [0.4, 0.5) is 5.69 Å². The number of tetrazole rings is 1. The molecule has 2 aromatic carbocycles. The number of thioether (sulfide) groups is 1. The van der Waals surface area contributed by atoms with Gasteiger partial charge < -0.3 is 4.90 Å². The van der Waals surface area contributed by atoms with Crippen molar-refractivity contribution in [1.82, 2.24) is 20.2 Å². The number of fused-ring (bicyclic) bond motifs is 1. The molecule has 1 aromatic heterocycles. The predicted molar refractivity (Wildman–Crippen MR) is 116 cm³/mol. The standard InChI is InChI=1S/C22H23N5OS/c1-15-9-5-7-11-18(15)27-21(23-24-25-27)29-14-16(28)13-20-22(2,3)17-10-6-8-12-19(17)26(20)4/h5-13H,14H2,1-4H3/b20-13+. The molecule has 4 rings (SSSR count). The highest BCUT2D eigenvalue weighted by Crippen LogP contribution is 2.46. The molecule has 3 aromatic rings. The van der Waals surface area contributed by atoms with Crippen LogP contribution in [-0.4, -0.2) is 38.8 Å². The smallest absolute Gasteiger partial charge is 0.214 e. The summed E-state index contributed by atoms with van der Waals surface area (Å²) in [7, 11) is 2.01. The molecule has 148 valence electrons. The summed E-state index contributed by atoms with van der Waals surface area (Å²) in [6, 6.07) is 16.2. The number of carbonyl (C=O) groups is 1. The van der Waals surface area contributed by atoms with E-state index in [-0.39, 0.29) is 17.0 Å². The van der Waals surface area contributed by atoms with Crippen molar-refractivity contribution in [2.45, 2.75) is 31.3 Å². The number of anilines is 1. The summed E-state index contributed by atoms with van der Waals surface area (Å²) >= 11 is 1.35. The van der Waals surface area contributed by atoms with Gasteiger partial charge in [0.15, 0.2) is 5.78 Å². The van der Waals surface area contributed by atoms with Crippen LogP contribution in [0.1, 0.15) is 25.0 Å². The second-order valence-electron chi connectivity index (χ2n) is 7.65. The zero-order chi connectivity index (χ0) is 20.6. The molecule has 0 saturated carbocycles. The number of hydrogen-bond acceptors (Lipinski definition) is 6. The molecule has 1 aliphatic heterocycles. The fourth-order valence-corrected chi connectivity index (χ4v) is 4.52. The summed E-state index contributed by atoms with van der Waals surface area (Å²) < 4.78 is 1.68. The van der Waals surface area contributed by atoms with E-state index in [1.165, 1.54) is 17.3 Å². The average molecular weight is 406 g/mol. The third-order valence-corrected chi connectivity index (χ3v) is 6.31. The average Bonchev–Trinajstić information content (AvgIpc) is 3.24. The molecule has 0 bridgehead atoms. The molecule has 29 heavy (non-hydrogen) atoms. The van der Waals surface area contributed by atoms with E-state index in [1.54, 1.807) is 10.8 Å². The summed E-state index contributed by atoms with van der Waals surface area (Å²) in [5, 5.41) is 12.6. The molecule has 6 nitrogen and oxygen atoms in total. The lowest BCUT2D eigenvalue weighted by Gasteiger charge is -2.23. The first-order valence-corrected chi connectivity index (χ1v) is 10.4. The van der Waals surface area contributed by atoms with E-state index in [0.717, 1.165) is 22.6 Å². The van der Waals surface area contributed by atoms with E-state index >= 15 is 0 Å². The molecule has 2 heterocycles. The number of hydrogen-bond donors (Lipinski definition) is 0. The van der Waals surface area contributed by atoms with Gasteiger partial charge >= 0.3 is 0 Å². The number of aromatic nitrogens is 4. The zero-order valence-electron chi connectivity index (χ0n) is 17.0. The highest BCUT2D eigenvalue weighted by Gasteiger charge is 2.38. The molecule has 0 unspecified atom stereocenters. The number of benzene rings is 2. The van der Waals surface area contributed by atoms with Crippen LogP contribution in [0.15, 0.2) is 65.5 Å². The number of para-hydroxylation sites is 2. The van der Waals surface area contributed by atoms with Crippen molar-refractivity contribution in [1.29, 1.82) is 0 Å². The van der Waals surface area contributed by atoms with Gasteiger partial charge in [-0.2, -0.15) is 4.68 Å². The minimum absolute atomic E-state index is 0.0389. The van der Waals surface area contributed by atoms with Gasteiger partial charge in [-0.05, 0) is 40.6 Å². The second-order valence-corrected chi connectivity index (χ2v) is 8.59. The Balaban J connectivity index is 1.53. The number of allylic oxidation sites excluding steroid dienone is 2. The fraction of sp³-hybridized carbons (Fsp3) is 0.273. The number of carbonyl (C=O) groups excluding carboxylic acids is 1. The fourth-order valence-electron chi connectivity index (χ4n) is 3.81. The van der Waals surface area contributed by atoms with Crippen LogP contribution in [0.25, 0.3) is 5.69 Å². The van der Waals surface area contributed by atoms with E-state index in [2.05, 4.69) is 46.4 Å². The molecule has 7 heteroatoms. The Morgan fingerprint density at radius 2 is 1.79 bits per heavy atom. The summed E-state index contributed by atoms with van der Waals surface area (Å²) in [6.45, 7) is 6.32. The molecule has 1 aliphatic rings. The van der Waals surface area contributed by atoms with Crippen molar-refractivity contribution >= 4 is 23.2 Å². The van der Waals surface area contributed by atoms with Crippen molar-refractivity contribution in [2.24, 2.45) is 0 Å². The van der Waals surface area contributed by atoms with Gasteiger partial charge in [-0.15, -0.1) is 5.10 Å². The number of likely N-dealkylation sites (N-methyl/N-ethyl adjacent to an activating group) is 1. The van der Waals surface area contributed by atoms with E-state index in [0.29, 0.717) is 5.16 Å². The van der Waals surface area contributed by atoms with Crippen LogP contribution in [-0.2, 0) is 10.2 Å². The first kappa shape index (κ1) is 19.4. The van der Waals surface area contributed by atoms with E-state index in [4.69, 9.17) is 0 Å². The number of rotatable bonds is 5. The minimum atomic E-state index is -0.214. The van der Waals surface area contributed by atoms with Crippen LogP contribution in [0, 0.1) is 6.92 Å². The Bertz CT molecular complexity index is 1100. The molecule has 0 N–H and O–H groups in total. The first-order valence-electron chi connectivity index (χ1n) is 9.45. The molecule has 0 amide bonds. The van der Waals surface area contributed by atoms with Crippen molar-refractivity contribution in [2.75, 3.05) is 17.7 Å². The lowest BCUT2D eigenvalue weighted by molar-refractivity contribution is -0.112. The molecule has 0 radical (unpaired) electrons. The summed E-state index contributed by atoms with van der Waals surface area (Å²) in [6.07, 6.45) is 1.76. The van der Waals surface area contributed by atoms with Gasteiger partial charge in [-0.25, -0.2) is 0 Å². The maximum atomic E-state index is 12.8. The topological polar surface area (TPSA) is 63.9 Å². The number of ketones is 1. The predicted octanol–water partition coefficient (Wildman–Crippen LogP) is 3.94. The van der Waals surface area contributed by atoms with Crippen LogP contribution >= 0.6 is 11.8 Å². The quantitative estimate of drug-likeness (QED) is 0.473. The lowest BCUT2D eigenvalue weighted by atomic mass is 9.83. The highest BCUT2D eigenvalue weighted by molar-refractivity contribution is 7.99. The maximum absolute atomic E-state index is 12.8. The second kappa shape index (κ2) is 7.48. The van der Waals surface area contributed by atoms with Gasteiger partial charge in [-0.3, -0.25) is 4.79 Å². The molecule has 0 aliphatic carbocycles. The summed E-state index contributed by atoms with van der Waals surface area (Å²) in [5.74, 6) is 0.313. The minimum Gasteiger partial charge on any atom is -0.347 e. The molecule has 0 atom stereocenters. The van der Waals surface area contributed by atoms with Crippen molar-refractivity contribution in [3.05, 3.63) is 71.4 Å². The van der Waals surface area contributed by atoms with Gasteiger partial charge in [-0.1, -0.05) is 62.0 Å². The third-order valence-electron chi connectivity index (χ3n) is 5.37. The maximum Gasteiger partial charge on any atom is 0.214 e. The number of nitrogens with zero attached hydrogens (tertiary/aromatic N) is 5. The Kier molecular flexibility index (Phi) is 5.00. The van der Waals surface area contributed by atoms with Crippen molar-refractivity contribution < 1.29 is 4.79 Å². The molecular weight excluding hydrogens is 382 g/mol. The molecule has 0 fully saturated rings. The van der Waals surface area contributed by atoms with Gasteiger partial charge in [0.2, 0.25) is 5.16 Å². The molecular formula is C22H23N5OS. The SMILES string of the molecule is Cc1ccccc1-n1nnnc1SCC(=O)/C=C1/N(C)c2ccccc2C1(C)C. The van der Waals surface area contributed by atoms with Crippen LogP contribution in [0.3, 0.4) is 0 Å². The van der Waals surface area contributed by atoms with Crippen LogP contribution in [0.5, 0.6) is 0 Å². The first-order chi connectivity index (χ1) is 13.9.